The molecule has 0 aromatic carbocycles. The Morgan fingerprint density at radius 2 is 2.08 bits per heavy atom. The molecule has 132 valence electrons. The van der Waals surface area contributed by atoms with Crippen LogP contribution in [0.5, 0.6) is 0 Å². The van der Waals surface area contributed by atoms with Crippen molar-refractivity contribution in [2.24, 2.45) is 16.2 Å². The van der Waals surface area contributed by atoms with Gasteiger partial charge in [-0.3, -0.25) is 9.59 Å². The number of hydrogen-bond donors (Lipinski definition) is 2. The zero-order valence-corrected chi connectivity index (χ0v) is 14.4. The van der Waals surface area contributed by atoms with E-state index in [9.17, 15) is 23.1 Å². The summed E-state index contributed by atoms with van der Waals surface area (Å²) in [5.74, 6) is -1.58. The fourth-order valence-electron chi connectivity index (χ4n) is 2.49. The van der Waals surface area contributed by atoms with Gasteiger partial charge in [-0.2, -0.15) is 0 Å². The molecule has 2 aliphatic rings. The number of sulfonamides is 1. The standard InChI is InChI=1S/C15H21N3O5S/c1-10(2)7-12(15(20)21)8-16-14(19)11-3-4-13-17-24(22,23)6-5-18(13)9-11/h3-4,9-10,12H,5-8H2,1-2H3,(H,16,19)(H,20,21). The van der Waals surface area contributed by atoms with Crippen LogP contribution in [0, 0.1) is 11.8 Å². The average Bonchev–Trinajstić information content (AvgIpc) is 2.49. The van der Waals surface area contributed by atoms with E-state index in [-0.39, 0.29) is 30.6 Å². The van der Waals surface area contributed by atoms with Crippen molar-refractivity contribution >= 4 is 27.7 Å². The fraction of sp³-hybridized carbons (Fsp3) is 0.533. The van der Waals surface area contributed by atoms with Gasteiger partial charge < -0.3 is 15.3 Å². The molecule has 0 fully saturated rings. The molecule has 0 spiro atoms. The largest absolute Gasteiger partial charge is 0.481 e. The Morgan fingerprint density at radius 1 is 1.38 bits per heavy atom. The predicted molar refractivity (Wildman–Crippen MR) is 88.7 cm³/mol. The Morgan fingerprint density at radius 3 is 2.71 bits per heavy atom. The van der Waals surface area contributed by atoms with Gasteiger partial charge >= 0.3 is 5.97 Å². The number of nitrogens with one attached hydrogen (secondary N) is 1. The van der Waals surface area contributed by atoms with Gasteiger partial charge in [0.25, 0.3) is 15.9 Å². The molecule has 2 rings (SSSR count). The minimum atomic E-state index is -3.43. The predicted octanol–water partition coefficient (Wildman–Crippen LogP) is 0.347. The van der Waals surface area contributed by atoms with Gasteiger partial charge in [0.2, 0.25) is 0 Å². The maximum Gasteiger partial charge on any atom is 0.308 e. The molecular weight excluding hydrogens is 334 g/mol. The number of carboxylic acids is 1. The molecule has 0 saturated carbocycles. The highest BCUT2D eigenvalue weighted by Gasteiger charge is 2.25. The maximum absolute atomic E-state index is 12.2. The number of hydrogen-bond acceptors (Lipinski definition) is 5. The van der Waals surface area contributed by atoms with Crippen LogP contribution < -0.4 is 5.32 Å². The number of amidine groups is 1. The molecule has 8 nitrogen and oxygen atoms in total. The number of carbonyl (C=O) groups excluding carboxylic acids is 1. The second kappa shape index (κ2) is 7.16. The van der Waals surface area contributed by atoms with E-state index in [1.807, 2.05) is 13.8 Å². The molecule has 0 saturated heterocycles. The van der Waals surface area contributed by atoms with Crippen molar-refractivity contribution in [1.82, 2.24) is 10.2 Å². The molecule has 0 aromatic heterocycles. The first-order valence-electron chi connectivity index (χ1n) is 7.68. The van der Waals surface area contributed by atoms with Crippen molar-refractivity contribution in [2.75, 3.05) is 18.8 Å². The van der Waals surface area contributed by atoms with Crippen molar-refractivity contribution in [3.8, 4) is 0 Å². The van der Waals surface area contributed by atoms with Crippen LogP contribution in [0.1, 0.15) is 20.3 Å². The summed E-state index contributed by atoms with van der Waals surface area (Å²) in [6, 6.07) is 0. The Balaban J connectivity index is 2.00. The molecule has 24 heavy (non-hydrogen) atoms. The second-order valence-corrected chi connectivity index (χ2v) is 7.98. The quantitative estimate of drug-likeness (QED) is 0.710. The van der Waals surface area contributed by atoms with Crippen molar-refractivity contribution in [3.05, 3.63) is 23.9 Å². The third-order valence-electron chi connectivity index (χ3n) is 3.70. The average molecular weight is 355 g/mol. The van der Waals surface area contributed by atoms with Crippen LogP contribution in [0.25, 0.3) is 0 Å². The van der Waals surface area contributed by atoms with Gasteiger partial charge in [-0.25, -0.2) is 8.42 Å². The number of nitrogens with zero attached hydrogens (tertiary/aromatic N) is 2. The van der Waals surface area contributed by atoms with E-state index >= 15 is 0 Å². The fourth-order valence-corrected chi connectivity index (χ4v) is 3.46. The zero-order valence-electron chi connectivity index (χ0n) is 13.6. The van der Waals surface area contributed by atoms with E-state index in [1.54, 1.807) is 4.90 Å². The molecule has 0 aliphatic carbocycles. The first-order valence-corrected chi connectivity index (χ1v) is 9.29. The van der Waals surface area contributed by atoms with Crippen LogP contribution in [0.3, 0.4) is 0 Å². The van der Waals surface area contributed by atoms with Gasteiger partial charge in [0, 0.05) is 19.3 Å². The lowest BCUT2D eigenvalue weighted by molar-refractivity contribution is -0.142. The van der Waals surface area contributed by atoms with E-state index in [0.717, 1.165) is 0 Å². The van der Waals surface area contributed by atoms with Gasteiger partial charge in [0.05, 0.1) is 17.2 Å². The maximum atomic E-state index is 12.2. The zero-order chi connectivity index (χ0) is 17.9. The molecule has 0 radical (unpaired) electrons. The highest BCUT2D eigenvalue weighted by molar-refractivity contribution is 7.90. The normalized spacial score (nSPS) is 20.0. The van der Waals surface area contributed by atoms with Gasteiger partial charge in [0.15, 0.2) is 0 Å². The van der Waals surface area contributed by atoms with E-state index in [4.69, 9.17) is 0 Å². The number of amides is 1. The molecule has 9 heteroatoms. The number of aliphatic carboxylic acids is 1. The van der Waals surface area contributed by atoms with E-state index < -0.39 is 27.8 Å². The minimum Gasteiger partial charge on any atom is -0.481 e. The summed E-state index contributed by atoms with van der Waals surface area (Å²) in [4.78, 5) is 25.0. The molecule has 1 amide bonds. The van der Waals surface area contributed by atoms with Gasteiger partial charge in [-0.05, 0) is 24.5 Å². The number of fused-ring (bicyclic) bond motifs is 1. The van der Waals surface area contributed by atoms with Gasteiger partial charge in [-0.1, -0.05) is 13.8 Å². The summed E-state index contributed by atoms with van der Waals surface area (Å²) < 4.78 is 26.5. The molecule has 2 aliphatic heterocycles. The molecule has 2 N–H and O–H groups in total. The van der Waals surface area contributed by atoms with Crippen LogP contribution >= 0.6 is 0 Å². The molecule has 0 aromatic rings. The van der Waals surface area contributed by atoms with Crippen LogP contribution in [-0.2, 0) is 19.6 Å². The smallest absolute Gasteiger partial charge is 0.308 e. The first-order chi connectivity index (χ1) is 11.2. The topological polar surface area (TPSA) is 116 Å². The summed E-state index contributed by atoms with van der Waals surface area (Å²) >= 11 is 0. The first kappa shape index (κ1) is 18.2. The van der Waals surface area contributed by atoms with E-state index in [0.29, 0.717) is 12.0 Å². The number of rotatable bonds is 6. The molecule has 1 atom stereocenters. The molecule has 1 unspecified atom stereocenters. The minimum absolute atomic E-state index is 0.0485. The Bertz CT molecular complexity index is 721. The third-order valence-corrected chi connectivity index (χ3v) is 4.86. The van der Waals surface area contributed by atoms with Crippen LogP contribution in [0.4, 0.5) is 0 Å². The van der Waals surface area contributed by atoms with Crippen LogP contribution in [0.2, 0.25) is 0 Å². The number of carboxylic acid groups (broad SMARTS) is 1. The molecular formula is C15H21N3O5S. The second-order valence-electron chi connectivity index (χ2n) is 6.22. The van der Waals surface area contributed by atoms with Crippen LogP contribution in [-0.4, -0.2) is 55.0 Å². The van der Waals surface area contributed by atoms with E-state index in [1.165, 1.54) is 18.4 Å². The lowest BCUT2D eigenvalue weighted by Gasteiger charge is -2.27. The third kappa shape index (κ3) is 4.67. The van der Waals surface area contributed by atoms with E-state index in [2.05, 4.69) is 9.71 Å². The lowest BCUT2D eigenvalue weighted by Crippen LogP contribution is -2.39. The summed E-state index contributed by atoms with van der Waals surface area (Å²) in [5, 5.41) is 11.8. The highest BCUT2D eigenvalue weighted by Crippen LogP contribution is 2.16. The van der Waals surface area contributed by atoms with Gasteiger partial charge in [-0.15, -0.1) is 4.40 Å². The monoisotopic (exact) mass is 355 g/mol. The number of carbonyl (C=O) groups is 2. The summed E-state index contributed by atoms with van der Waals surface area (Å²) in [6.07, 6.45) is 4.95. The lowest BCUT2D eigenvalue weighted by atomic mass is 9.97. The summed E-state index contributed by atoms with van der Waals surface area (Å²) in [6.45, 7) is 4.13. The van der Waals surface area contributed by atoms with Crippen molar-refractivity contribution < 1.29 is 23.1 Å². The molecule has 2 heterocycles. The summed E-state index contributed by atoms with van der Waals surface area (Å²) in [5.41, 5.74) is 0.335. The molecule has 0 bridgehead atoms. The van der Waals surface area contributed by atoms with Crippen molar-refractivity contribution in [2.45, 2.75) is 20.3 Å². The Kier molecular flexibility index (Phi) is 5.43. The Hall–Kier alpha value is -2.16. The van der Waals surface area contributed by atoms with Crippen molar-refractivity contribution in [1.29, 1.82) is 0 Å². The van der Waals surface area contributed by atoms with Crippen molar-refractivity contribution in [3.63, 3.8) is 0 Å². The SMILES string of the molecule is CC(C)CC(CNC(=O)C1=CN2CCS(=O)(=O)N=C2C=C1)C(=O)O. The Labute approximate surface area is 141 Å². The highest BCUT2D eigenvalue weighted by atomic mass is 32.2. The van der Waals surface area contributed by atoms with Gasteiger partial charge in [0.1, 0.15) is 5.84 Å². The van der Waals surface area contributed by atoms with Crippen LogP contribution in [0.15, 0.2) is 28.3 Å². The summed E-state index contributed by atoms with van der Waals surface area (Å²) in [7, 11) is -3.43.